The number of carbonyl (C=O) groups is 1. The van der Waals surface area contributed by atoms with Crippen LogP contribution >= 0.6 is 11.3 Å². The lowest BCUT2D eigenvalue weighted by Gasteiger charge is -2.10. The number of benzene rings is 2. The van der Waals surface area contributed by atoms with Crippen molar-refractivity contribution in [2.75, 3.05) is 19.8 Å². The molecule has 0 aliphatic rings. The van der Waals surface area contributed by atoms with Gasteiger partial charge < -0.3 is 18.6 Å². The predicted molar refractivity (Wildman–Crippen MR) is 134 cm³/mol. The number of oxazole rings is 1. The molecule has 0 spiro atoms. The Morgan fingerprint density at radius 1 is 1.06 bits per heavy atom. The molecule has 2 heterocycles. The summed E-state index contributed by atoms with van der Waals surface area (Å²) in [5, 5.41) is 3.00. The normalized spacial score (nSPS) is 11.6. The topological polar surface area (TPSA) is 70.8 Å². The Bertz CT molecular complexity index is 1290. The second-order valence-corrected chi connectivity index (χ2v) is 8.38. The highest BCUT2D eigenvalue weighted by Crippen LogP contribution is 2.34. The van der Waals surface area contributed by atoms with Gasteiger partial charge in [0.05, 0.1) is 30.2 Å². The van der Waals surface area contributed by atoms with Crippen molar-refractivity contribution in [3.63, 3.8) is 0 Å². The molecule has 0 aliphatic carbocycles. The van der Waals surface area contributed by atoms with Crippen LogP contribution in [0.1, 0.15) is 30.9 Å². The summed E-state index contributed by atoms with van der Waals surface area (Å²) in [5.74, 6) is 1.94. The van der Waals surface area contributed by atoms with Crippen molar-refractivity contribution in [1.82, 2.24) is 4.98 Å². The van der Waals surface area contributed by atoms with Crippen LogP contribution in [0.3, 0.4) is 0 Å². The summed E-state index contributed by atoms with van der Waals surface area (Å²) < 4.78 is 23.6. The van der Waals surface area contributed by atoms with Crippen LogP contribution in [0.2, 0.25) is 0 Å². The standard InChI is InChI=1S/C27H27NO5S/c1-4-30-24(27(29)31-5-2)17-20-11-12-23(25-21(20)14-16-34-25)32-15-13-22-18(3)33-26(28-22)19-9-7-6-8-10-19/h6-12,14,16-17H,4-5,13,15H2,1-3H3/b24-17+. The number of fused-ring (bicyclic) bond motifs is 1. The Morgan fingerprint density at radius 3 is 2.62 bits per heavy atom. The smallest absolute Gasteiger partial charge is 0.373 e. The highest BCUT2D eigenvalue weighted by molar-refractivity contribution is 7.17. The molecule has 0 radical (unpaired) electrons. The van der Waals surface area contributed by atoms with Crippen LogP contribution in [0, 0.1) is 6.92 Å². The molecule has 2 aromatic heterocycles. The third kappa shape index (κ3) is 5.31. The van der Waals surface area contributed by atoms with E-state index in [-0.39, 0.29) is 5.76 Å². The molecule has 0 bridgehead atoms. The summed E-state index contributed by atoms with van der Waals surface area (Å²) in [7, 11) is 0. The van der Waals surface area contributed by atoms with Crippen molar-refractivity contribution in [1.29, 1.82) is 0 Å². The highest BCUT2D eigenvalue weighted by atomic mass is 32.1. The molecule has 4 aromatic rings. The van der Waals surface area contributed by atoms with E-state index in [2.05, 4.69) is 4.98 Å². The average Bonchev–Trinajstić information content (AvgIpc) is 3.48. The van der Waals surface area contributed by atoms with Gasteiger partial charge in [-0.15, -0.1) is 11.3 Å². The molecule has 0 aliphatic heterocycles. The van der Waals surface area contributed by atoms with Crippen LogP contribution in [0.25, 0.3) is 27.6 Å². The van der Waals surface area contributed by atoms with Gasteiger partial charge in [0.25, 0.3) is 0 Å². The van der Waals surface area contributed by atoms with Crippen LogP contribution in [-0.2, 0) is 20.7 Å². The lowest BCUT2D eigenvalue weighted by Crippen LogP contribution is -2.10. The minimum Gasteiger partial charge on any atom is -0.492 e. The van der Waals surface area contributed by atoms with Crippen molar-refractivity contribution in [2.45, 2.75) is 27.2 Å². The van der Waals surface area contributed by atoms with Crippen molar-refractivity contribution in [2.24, 2.45) is 0 Å². The third-order valence-corrected chi connectivity index (χ3v) is 6.12. The number of thiophene rings is 1. The van der Waals surface area contributed by atoms with Crippen LogP contribution in [0.4, 0.5) is 0 Å². The molecule has 34 heavy (non-hydrogen) atoms. The van der Waals surface area contributed by atoms with Crippen molar-refractivity contribution in [3.8, 4) is 17.2 Å². The maximum atomic E-state index is 12.2. The number of aromatic nitrogens is 1. The number of aryl methyl sites for hydroxylation is 1. The highest BCUT2D eigenvalue weighted by Gasteiger charge is 2.15. The van der Waals surface area contributed by atoms with Crippen LogP contribution < -0.4 is 4.74 Å². The second-order valence-electron chi connectivity index (χ2n) is 7.46. The van der Waals surface area contributed by atoms with Crippen molar-refractivity contribution < 1.29 is 23.4 Å². The quantitative estimate of drug-likeness (QED) is 0.149. The van der Waals surface area contributed by atoms with Crippen LogP contribution in [0.5, 0.6) is 5.75 Å². The summed E-state index contributed by atoms with van der Waals surface area (Å²) >= 11 is 1.59. The number of esters is 1. The summed E-state index contributed by atoms with van der Waals surface area (Å²) in [5.41, 5.74) is 2.72. The largest absolute Gasteiger partial charge is 0.492 e. The zero-order valence-electron chi connectivity index (χ0n) is 19.5. The van der Waals surface area contributed by atoms with E-state index in [0.717, 1.165) is 38.4 Å². The molecule has 0 unspecified atom stereocenters. The van der Waals surface area contributed by atoms with E-state index in [0.29, 0.717) is 32.1 Å². The number of ether oxygens (including phenoxy) is 3. The van der Waals surface area contributed by atoms with Gasteiger partial charge in [-0.1, -0.05) is 24.3 Å². The molecule has 176 valence electrons. The van der Waals surface area contributed by atoms with Gasteiger partial charge in [0.1, 0.15) is 11.5 Å². The maximum Gasteiger partial charge on any atom is 0.373 e. The zero-order chi connectivity index (χ0) is 23.9. The zero-order valence-corrected chi connectivity index (χ0v) is 20.3. The summed E-state index contributed by atoms with van der Waals surface area (Å²) in [4.78, 5) is 16.9. The first-order valence-corrected chi connectivity index (χ1v) is 12.1. The molecule has 0 amide bonds. The molecule has 6 nitrogen and oxygen atoms in total. The molecule has 0 saturated carbocycles. The predicted octanol–water partition coefficient (Wildman–Crippen LogP) is 6.43. The molecule has 0 saturated heterocycles. The van der Waals surface area contributed by atoms with Gasteiger partial charge in [-0.25, -0.2) is 9.78 Å². The van der Waals surface area contributed by atoms with Gasteiger partial charge in [0.2, 0.25) is 11.6 Å². The third-order valence-electron chi connectivity index (χ3n) is 5.19. The van der Waals surface area contributed by atoms with Crippen LogP contribution in [0.15, 0.2) is 64.1 Å². The molecule has 7 heteroatoms. The molecule has 0 N–H and O–H groups in total. The monoisotopic (exact) mass is 477 g/mol. The molecule has 2 aromatic carbocycles. The fourth-order valence-electron chi connectivity index (χ4n) is 3.58. The van der Waals surface area contributed by atoms with Gasteiger partial charge in [-0.3, -0.25) is 0 Å². The average molecular weight is 478 g/mol. The van der Waals surface area contributed by atoms with E-state index in [9.17, 15) is 4.79 Å². The lowest BCUT2D eigenvalue weighted by atomic mass is 10.1. The fraction of sp³-hybridized carbons (Fsp3) is 0.259. The molecular weight excluding hydrogens is 450 g/mol. The molecule has 0 atom stereocenters. The number of hydrogen-bond donors (Lipinski definition) is 0. The van der Waals surface area contributed by atoms with Gasteiger partial charge in [0, 0.05) is 17.4 Å². The molecule has 4 rings (SSSR count). The Hall–Kier alpha value is -3.58. The van der Waals surface area contributed by atoms with E-state index >= 15 is 0 Å². The maximum absolute atomic E-state index is 12.2. The number of carbonyl (C=O) groups excluding carboxylic acids is 1. The van der Waals surface area contributed by atoms with E-state index in [1.165, 1.54) is 0 Å². The minimum absolute atomic E-state index is 0.196. The van der Waals surface area contributed by atoms with E-state index in [1.54, 1.807) is 24.3 Å². The second kappa shape index (κ2) is 11.0. The number of rotatable bonds is 10. The van der Waals surface area contributed by atoms with Crippen LogP contribution in [-0.4, -0.2) is 30.8 Å². The summed E-state index contributed by atoms with van der Waals surface area (Å²) in [6.07, 6.45) is 2.36. The first kappa shape index (κ1) is 23.6. The molecular formula is C27H27NO5S. The SMILES string of the molecule is CCOC(=O)/C(=C\c1ccc(OCCc2nc(-c3ccccc3)oc2C)c2sccc12)OCC. The lowest BCUT2D eigenvalue weighted by molar-refractivity contribution is -0.142. The van der Waals surface area contributed by atoms with E-state index in [4.69, 9.17) is 18.6 Å². The number of nitrogens with zero attached hydrogens (tertiary/aromatic N) is 1. The van der Waals surface area contributed by atoms with E-state index in [1.807, 2.05) is 67.8 Å². The summed E-state index contributed by atoms with van der Waals surface area (Å²) in [6, 6.07) is 15.7. The Labute approximate surface area is 202 Å². The first-order valence-electron chi connectivity index (χ1n) is 11.3. The number of hydrogen-bond acceptors (Lipinski definition) is 7. The van der Waals surface area contributed by atoms with Crippen molar-refractivity contribution in [3.05, 3.63) is 76.7 Å². The Kier molecular flexibility index (Phi) is 7.65. The van der Waals surface area contributed by atoms with Gasteiger partial charge in [-0.2, -0.15) is 0 Å². The van der Waals surface area contributed by atoms with Gasteiger partial charge >= 0.3 is 5.97 Å². The molecule has 0 fully saturated rings. The van der Waals surface area contributed by atoms with Crippen molar-refractivity contribution >= 4 is 33.5 Å². The van der Waals surface area contributed by atoms with Gasteiger partial charge in [-0.05, 0) is 62.1 Å². The van der Waals surface area contributed by atoms with Gasteiger partial charge in [0.15, 0.2) is 0 Å². The fourth-order valence-corrected chi connectivity index (χ4v) is 4.47. The first-order chi connectivity index (χ1) is 16.6. The minimum atomic E-state index is -0.467. The Balaban J connectivity index is 1.49. The van der Waals surface area contributed by atoms with E-state index < -0.39 is 5.97 Å². The Morgan fingerprint density at radius 2 is 1.85 bits per heavy atom. The summed E-state index contributed by atoms with van der Waals surface area (Å²) in [6.45, 7) is 6.68.